The molecule has 2 atom stereocenters. The van der Waals surface area contributed by atoms with Crippen LogP contribution < -0.4 is 4.90 Å². The highest BCUT2D eigenvalue weighted by atomic mass is 127. The molecule has 0 aromatic carbocycles. The molecule has 7 nitrogen and oxygen atoms in total. The Morgan fingerprint density at radius 2 is 1.75 bits per heavy atom. The molecule has 0 radical (unpaired) electrons. The second kappa shape index (κ2) is 12.1. The number of hydrogen-bond acceptors (Lipinski definition) is 7. The van der Waals surface area contributed by atoms with Crippen molar-refractivity contribution in [1.82, 2.24) is 9.88 Å². The number of rotatable bonds is 5. The van der Waals surface area contributed by atoms with Gasteiger partial charge in [0.1, 0.15) is 16.4 Å². The van der Waals surface area contributed by atoms with Gasteiger partial charge in [-0.3, -0.25) is 4.90 Å². The van der Waals surface area contributed by atoms with E-state index in [0.29, 0.717) is 23.8 Å². The first-order valence-electron chi connectivity index (χ1n) is 13.1. The van der Waals surface area contributed by atoms with Crippen LogP contribution in [0, 0.1) is 3.57 Å². The van der Waals surface area contributed by atoms with Gasteiger partial charge in [0.25, 0.3) is 0 Å². The third-order valence-corrected chi connectivity index (χ3v) is 10.1. The largest absolute Gasteiger partial charge is 0.444 e. The fraction of sp³-hybridized carbons (Fsp3) is 0.483. The van der Waals surface area contributed by atoms with Crippen LogP contribution in [-0.4, -0.2) is 46.4 Å². The lowest BCUT2D eigenvalue weighted by molar-refractivity contribution is 0.0196. The van der Waals surface area contributed by atoms with Crippen molar-refractivity contribution < 1.29 is 19.1 Å². The monoisotopic (exact) mass is 715 g/mol. The van der Waals surface area contributed by atoms with Crippen LogP contribution in [0.4, 0.5) is 15.3 Å². The van der Waals surface area contributed by atoms with Gasteiger partial charge in [0, 0.05) is 34.8 Å². The van der Waals surface area contributed by atoms with Crippen molar-refractivity contribution in [2.45, 2.75) is 84.1 Å². The first kappa shape index (κ1) is 31.1. The molecule has 3 aromatic rings. The molecule has 216 valence electrons. The normalized spacial score (nSPS) is 17.6. The number of pyridine rings is 1. The van der Waals surface area contributed by atoms with E-state index < -0.39 is 17.3 Å². The Labute approximate surface area is 262 Å². The van der Waals surface area contributed by atoms with E-state index in [1.807, 2.05) is 59.1 Å². The molecule has 40 heavy (non-hydrogen) atoms. The van der Waals surface area contributed by atoms with Crippen LogP contribution >= 0.6 is 56.9 Å². The van der Waals surface area contributed by atoms with Gasteiger partial charge in [-0.05, 0) is 88.4 Å². The van der Waals surface area contributed by atoms with Gasteiger partial charge in [-0.15, -0.1) is 22.7 Å². The van der Waals surface area contributed by atoms with Gasteiger partial charge in [0.15, 0.2) is 0 Å². The topological polar surface area (TPSA) is 72.0 Å². The predicted molar refractivity (Wildman–Crippen MR) is 173 cm³/mol. The number of nitrogens with zero attached hydrogens (tertiary/aromatic N) is 3. The van der Waals surface area contributed by atoms with Gasteiger partial charge in [0.2, 0.25) is 0 Å². The molecule has 2 amide bonds. The van der Waals surface area contributed by atoms with Crippen LogP contribution in [-0.2, 0) is 16.0 Å². The van der Waals surface area contributed by atoms with Crippen molar-refractivity contribution in [3.05, 3.63) is 54.2 Å². The summed E-state index contributed by atoms with van der Waals surface area (Å²) in [6.45, 7) is 11.5. The number of carbonyl (C=O) groups is 2. The van der Waals surface area contributed by atoms with Crippen molar-refractivity contribution >= 4 is 85.0 Å². The van der Waals surface area contributed by atoms with E-state index in [4.69, 9.17) is 21.1 Å². The van der Waals surface area contributed by atoms with E-state index in [2.05, 4.69) is 39.7 Å². The average Bonchev–Trinajstić information content (AvgIpc) is 3.47. The number of carbonyl (C=O) groups excluding carboxylic acids is 2. The molecule has 0 aliphatic heterocycles. The summed E-state index contributed by atoms with van der Waals surface area (Å²) >= 11 is 12.1. The van der Waals surface area contributed by atoms with Crippen molar-refractivity contribution in [3.63, 3.8) is 0 Å². The molecular weight excluding hydrogens is 681 g/mol. The highest BCUT2D eigenvalue weighted by Gasteiger charge is 2.36. The smallest absolute Gasteiger partial charge is 0.415 e. The van der Waals surface area contributed by atoms with Crippen molar-refractivity contribution in [1.29, 1.82) is 0 Å². The third-order valence-electron chi connectivity index (χ3n) is 6.27. The summed E-state index contributed by atoms with van der Waals surface area (Å²) in [5.41, 5.74) is 0.163. The van der Waals surface area contributed by atoms with Crippen LogP contribution in [0.5, 0.6) is 0 Å². The number of thiophene rings is 2. The molecule has 3 heterocycles. The van der Waals surface area contributed by atoms with Gasteiger partial charge >= 0.3 is 12.2 Å². The molecule has 2 unspecified atom stereocenters. The first-order valence-corrected chi connectivity index (χ1v) is 16.2. The summed E-state index contributed by atoms with van der Waals surface area (Å²) in [6, 6.07) is 5.61. The molecule has 0 saturated carbocycles. The van der Waals surface area contributed by atoms with Crippen LogP contribution in [0.15, 0.2) is 35.7 Å². The summed E-state index contributed by atoms with van der Waals surface area (Å²) in [6.07, 6.45) is 4.98. The fourth-order valence-corrected chi connectivity index (χ4v) is 8.06. The van der Waals surface area contributed by atoms with Crippen molar-refractivity contribution in [3.8, 4) is 0 Å². The fourth-order valence-electron chi connectivity index (χ4n) is 4.55. The SMILES string of the molecule is CN(C(=O)OC(C)(C)C)C1CC=CCC1c1sc2c(N(Cc3cccs3)C(=O)OC(C)(C)C)cc(Cl)nc2c1I. The number of aromatic nitrogens is 1. The molecule has 4 rings (SSSR count). The van der Waals surface area contributed by atoms with Crippen LogP contribution in [0.1, 0.15) is 70.1 Å². The van der Waals surface area contributed by atoms with Crippen molar-refractivity contribution in [2.75, 3.05) is 11.9 Å². The Hall–Kier alpha value is -1.89. The van der Waals surface area contributed by atoms with Gasteiger partial charge in [-0.2, -0.15) is 0 Å². The molecule has 0 spiro atoms. The predicted octanol–water partition coefficient (Wildman–Crippen LogP) is 9.23. The first-order chi connectivity index (χ1) is 18.6. The lowest BCUT2D eigenvalue weighted by Crippen LogP contribution is -2.44. The number of hydrogen-bond donors (Lipinski definition) is 0. The summed E-state index contributed by atoms with van der Waals surface area (Å²) < 4.78 is 13.3. The summed E-state index contributed by atoms with van der Waals surface area (Å²) in [7, 11) is 1.80. The van der Waals surface area contributed by atoms with E-state index in [0.717, 1.165) is 30.0 Å². The van der Waals surface area contributed by atoms with E-state index in [-0.39, 0.29) is 18.1 Å². The average molecular weight is 716 g/mol. The molecule has 0 bridgehead atoms. The Kier molecular flexibility index (Phi) is 9.43. The zero-order valence-corrected chi connectivity index (χ0v) is 28.3. The maximum absolute atomic E-state index is 13.5. The number of anilines is 1. The van der Waals surface area contributed by atoms with Gasteiger partial charge in [-0.25, -0.2) is 14.6 Å². The molecule has 1 aliphatic rings. The Morgan fingerprint density at radius 1 is 1.10 bits per heavy atom. The second-order valence-corrected chi connectivity index (χ2v) is 15.3. The number of ether oxygens (including phenoxy) is 2. The van der Waals surface area contributed by atoms with E-state index in [1.165, 1.54) is 0 Å². The zero-order chi connectivity index (χ0) is 29.4. The Morgan fingerprint density at radius 3 is 2.38 bits per heavy atom. The highest BCUT2D eigenvalue weighted by Crippen LogP contribution is 2.46. The number of fused-ring (bicyclic) bond motifs is 1. The molecule has 1 aliphatic carbocycles. The summed E-state index contributed by atoms with van der Waals surface area (Å²) in [5.74, 6) is 0.0347. The van der Waals surface area contributed by atoms with Crippen LogP contribution in [0.3, 0.4) is 0 Å². The molecule has 3 aromatic heterocycles. The summed E-state index contributed by atoms with van der Waals surface area (Å²) in [4.78, 5) is 36.7. The Balaban J connectivity index is 1.79. The second-order valence-electron chi connectivity index (χ2n) is 11.8. The van der Waals surface area contributed by atoms with Crippen LogP contribution in [0.2, 0.25) is 5.15 Å². The molecule has 0 N–H and O–H groups in total. The minimum atomic E-state index is -0.663. The standard InChI is InChI=1S/C29H35ClIN3O4S2/c1-28(2,3)37-26(35)33(7)19-13-9-8-12-18(19)24-22(31)23-25(40-24)20(15-21(30)32-23)34(16-17-11-10-14-39-17)27(36)38-29(4,5)6/h8-11,14-15,18-19H,12-13,16H2,1-7H3. The molecule has 0 saturated heterocycles. The minimum Gasteiger partial charge on any atom is -0.444 e. The zero-order valence-electron chi connectivity index (χ0n) is 23.8. The minimum absolute atomic E-state index is 0.0347. The van der Waals surface area contributed by atoms with Gasteiger partial charge in [-0.1, -0.05) is 29.8 Å². The van der Waals surface area contributed by atoms with E-state index in [9.17, 15) is 9.59 Å². The molecule has 11 heteroatoms. The lowest BCUT2D eigenvalue weighted by Gasteiger charge is -2.36. The number of likely N-dealkylation sites (N-methyl/N-ethyl adjacent to an activating group) is 1. The maximum Gasteiger partial charge on any atom is 0.415 e. The van der Waals surface area contributed by atoms with Crippen LogP contribution in [0.25, 0.3) is 10.2 Å². The lowest BCUT2D eigenvalue weighted by atomic mass is 9.87. The number of amides is 2. The molecular formula is C29H35ClIN3O4S2. The maximum atomic E-state index is 13.5. The number of allylic oxidation sites excluding steroid dienone is 1. The third kappa shape index (κ3) is 7.30. The Bertz CT molecular complexity index is 1410. The van der Waals surface area contributed by atoms with E-state index >= 15 is 0 Å². The van der Waals surface area contributed by atoms with Gasteiger partial charge in [0.05, 0.1) is 26.0 Å². The quantitative estimate of drug-likeness (QED) is 0.150. The highest BCUT2D eigenvalue weighted by molar-refractivity contribution is 14.1. The van der Waals surface area contributed by atoms with Gasteiger partial charge < -0.3 is 14.4 Å². The van der Waals surface area contributed by atoms with Crippen molar-refractivity contribution in [2.24, 2.45) is 0 Å². The number of halogens is 2. The van der Waals surface area contributed by atoms with E-state index in [1.54, 1.807) is 45.6 Å². The summed E-state index contributed by atoms with van der Waals surface area (Å²) in [5, 5.41) is 2.29. The molecule has 0 fully saturated rings.